The van der Waals surface area contributed by atoms with E-state index in [9.17, 15) is 0 Å². The average molecular weight is 746 g/mol. The number of nitrogens with zero attached hydrogens (tertiary/aromatic N) is 1. The highest BCUT2D eigenvalue weighted by molar-refractivity contribution is 5.97. The third-order valence-electron chi connectivity index (χ3n) is 15.7. The van der Waals surface area contributed by atoms with Crippen LogP contribution in [0.5, 0.6) is 0 Å². The zero-order valence-electron chi connectivity index (χ0n) is 34.3. The van der Waals surface area contributed by atoms with Gasteiger partial charge in [-0.25, -0.2) is 0 Å². The van der Waals surface area contributed by atoms with Crippen LogP contribution in [-0.4, -0.2) is 0 Å². The van der Waals surface area contributed by atoms with Gasteiger partial charge in [0.2, 0.25) is 0 Å². The Morgan fingerprint density at radius 1 is 0.474 bits per heavy atom. The Morgan fingerprint density at radius 2 is 1.14 bits per heavy atom. The SMILES string of the molecule is CC1(C)c2ccccc2-c2c(-c3ccc(C4CCCCC4)cc3)cc(N(c3ccc(C4CC5CCC4C5)cc3)c3ccc4ccc(C5CCCCC5)cc4c3)cc21. The Hall–Kier alpha value is -4.62. The monoisotopic (exact) mass is 745 g/mol. The molecule has 5 aliphatic rings. The molecule has 57 heavy (non-hydrogen) atoms. The molecule has 1 nitrogen and oxygen atoms in total. The summed E-state index contributed by atoms with van der Waals surface area (Å²) in [6.07, 6.45) is 19.2. The van der Waals surface area contributed by atoms with Crippen molar-refractivity contribution in [3.63, 3.8) is 0 Å². The van der Waals surface area contributed by atoms with Crippen LogP contribution in [0.2, 0.25) is 0 Å². The van der Waals surface area contributed by atoms with E-state index >= 15 is 0 Å². The molecule has 5 aliphatic carbocycles. The predicted octanol–water partition coefficient (Wildman–Crippen LogP) is 16.3. The lowest BCUT2D eigenvalue weighted by Crippen LogP contribution is -2.17. The molecule has 6 aromatic rings. The fraction of sp³-hybridized carbons (Fsp3) is 0.393. The van der Waals surface area contributed by atoms with Crippen molar-refractivity contribution in [3.8, 4) is 22.3 Å². The molecule has 0 aromatic heterocycles. The van der Waals surface area contributed by atoms with Crippen LogP contribution in [0.3, 0.4) is 0 Å². The highest BCUT2D eigenvalue weighted by Crippen LogP contribution is 2.56. The van der Waals surface area contributed by atoms with Crippen molar-refractivity contribution in [2.24, 2.45) is 11.8 Å². The average Bonchev–Trinajstić information content (AvgIpc) is 3.97. The molecule has 0 radical (unpaired) electrons. The van der Waals surface area contributed by atoms with Crippen molar-refractivity contribution in [1.29, 1.82) is 0 Å². The summed E-state index contributed by atoms with van der Waals surface area (Å²) in [6, 6.07) is 48.4. The van der Waals surface area contributed by atoms with Gasteiger partial charge in [-0.3, -0.25) is 0 Å². The van der Waals surface area contributed by atoms with Crippen LogP contribution in [0.4, 0.5) is 17.1 Å². The second-order valence-electron chi connectivity index (χ2n) is 19.4. The maximum absolute atomic E-state index is 2.58. The van der Waals surface area contributed by atoms with Gasteiger partial charge in [0.15, 0.2) is 0 Å². The highest BCUT2D eigenvalue weighted by atomic mass is 15.1. The number of benzene rings is 6. The summed E-state index contributed by atoms with van der Waals surface area (Å²) in [5.74, 6) is 3.94. The minimum absolute atomic E-state index is 0.117. The van der Waals surface area contributed by atoms with E-state index in [4.69, 9.17) is 0 Å². The molecule has 288 valence electrons. The topological polar surface area (TPSA) is 3.24 Å². The molecule has 0 amide bonds. The van der Waals surface area contributed by atoms with Crippen LogP contribution in [0, 0.1) is 11.8 Å². The van der Waals surface area contributed by atoms with Crippen molar-refractivity contribution in [3.05, 3.63) is 149 Å². The molecular formula is C56H59N. The van der Waals surface area contributed by atoms with E-state index in [0.29, 0.717) is 11.8 Å². The van der Waals surface area contributed by atoms with Crippen LogP contribution in [-0.2, 0) is 5.41 Å². The van der Waals surface area contributed by atoms with Crippen molar-refractivity contribution < 1.29 is 0 Å². The van der Waals surface area contributed by atoms with Gasteiger partial charge >= 0.3 is 0 Å². The maximum atomic E-state index is 2.58. The second-order valence-corrected chi connectivity index (χ2v) is 19.4. The molecule has 3 unspecified atom stereocenters. The summed E-state index contributed by atoms with van der Waals surface area (Å²) >= 11 is 0. The molecule has 0 saturated heterocycles. The third kappa shape index (κ3) is 6.27. The lowest BCUT2D eigenvalue weighted by Gasteiger charge is -2.30. The molecule has 6 aromatic carbocycles. The van der Waals surface area contributed by atoms with Crippen molar-refractivity contribution >= 4 is 27.8 Å². The zero-order chi connectivity index (χ0) is 38.1. The van der Waals surface area contributed by atoms with Crippen molar-refractivity contribution in [2.45, 2.75) is 127 Å². The number of hydrogen-bond acceptors (Lipinski definition) is 1. The normalized spacial score (nSPS) is 22.8. The summed E-state index contributed by atoms with van der Waals surface area (Å²) in [4.78, 5) is 2.58. The highest BCUT2D eigenvalue weighted by Gasteiger charge is 2.41. The molecule has 2 bridgehead atoms. The lowest BCUT2D eigenvalue weighted by molar-refractivity contribution is 0.420. The quantitative estimate of drug-likeness (QED) is 0.157. The molecule has 0 aliphatic heterocycles. The summed E-state index contributed by atoms with van der Waals surface area (Å²) in [5, 5.41) is 2.68. The molecule has 4 saturated carbocycles. The van der Waals surface area contributed by atoms with Crippen LogP contribution < -0.4 is 4.90 Å². The number of fused-ring (bicyclic) bond motifs is 6. The lowest BCUT2D eigenvalue weighted by atomic mass is 9.81. The first kappa shape index (κ1) is 35.5. The van der Waals surface area contributed by atoms with E-state index in [2.05, 4.69) is 140 Å². The fourth-order valence-electron chi connectivity index (χ4n) is 12.6. The fourth-order valence-corrected chi connectivity index (χ4v) is 12.6. The maximum Gasteiger partial charge on any atom is 0.0471 e. The third-order valence-corrected chi connectivity index (χ3v) is 15.7. The first-order valence-corrected chi connectivity index (χ1v) is 22.8. The number of hydrogen-bond donors (Lipinski definition) is 0. The summed E-state index contributed by atoms with van der Waals surface area (Å²) in [7, 11) is 0. The summed E-state index contributed by atoms with van der Waals surface area (Å²) in [6.45, 7) is 4.88. The van der Waals surface area contributed by atoms with E-state index in [1.165, 1.54) is 162 Å². The van der Waals surface area contributed by atoms with E-state index in [-0.39, 0.29) is 5.41 Å². The summed E-state index contributed by atoms with van der Waals surface area (Å²) < 4.78 is 0. The van der Waals surface area contributed by atoms with Crippen LogP contribution in [0.1, 0.15) is 149 Å². The molecule has 1 heteroatoms. The first-order chi connectivity index (χ1) is 28.0. The Morgan fingerprint density at radius 3 is 1.86 bits per heavy atom. The molecule has 0 spiro atoms. The van der Waals surface area contributed by atoms with Gasteiger partial charge in [0.1, 0.15) is 0 Å². The molecule has 3 atom stereocenters. The van der Waals surface area contributed by atoms with Crippen molar-refractivity contribution in [1.82, 2.24) is 0 Å². The van der Waals surface area contributed by atoms with Gasteiger partial charge in [-0.05, 0) is 172 Å². The molecule has 0 heterocycles. The van der Waals surface area contributed by atoms with E-state index < -0.39 is 0 Å². The Bertz CT molecular complexity index is 2420. The number of rotatable bonds is 7. The molecular weight excluding hydrogens is 687 g/mol. The van der Waals surface area contributed by atoms with Gasteiger partial charge in [0, 0.05) is 22.5 Å². The summed E-state index contributed by atoms with van der Waals surface area (Å²) in [5.41, 5.74) is 16.5. The first-order valence-electron chi connectivity index (χ1n) is 22.8. The largest absolute Gasteiger partial charge is 0.310 e. The van der Waals surface area contributed by atoms with E-state index in [1.807, 2.05) is 0 Å². The zero-order valence-corrected chi connectivity index (χ0v) is 34.3. The minimum Gasteiger partial charge on any atom is -0.310 e. The Balaban J connectivity index is 1.07. The standard InChI is InChI=1S/C56H59N/c1-56(2)53-16-10-9-15-50(53)55-52(43-22-19-40(20-23-43)38-11-5-3-6-12-38)35-49(36-54(55)56)57(47-28-26-42(27-29-47)51-32-37-17-18-45(51)31-37)48-30-25-41-21-24-44(33-46(41)34-48)39-13-7-4-8-14-39/h9-10,15-16,19-30,33-39,45,51H,3-8,11-14,17-18,31-32H2,1-2H3. The Kier molecular flexibility index (Phi) is 8.94. The van der Waals surface area contributed by atoms with Gasteiger partial charge < -0.3 is 4.90 Å². The van der Waals surface area contributed by atoms with Gasteiger partial charge in [-0.1, -0.05) is 144 Å². The van der Waals surface area contributed by atoms with Crippen LogP contribution in [0.25, 0.3) is 33.0 Å². The van der Waals surface area contributed by atoms with Gasteiger partial charge in [-0.2, -0.15) is 0 Å². The van der Waals surface area contributed by atoms with Crippen LogP contribution >= 0.6 is 0 Å². The minimum atomic E-state index is -0.117. The van der Waals surface area contributed by atoms with E-state index in [1.54, 1.807) is 5.56 Å². The van der Waals surface area contributed by atoms with Crippen LogP contribution in [0.15, 0.2) is 121 Å². The van der Waals surface area contributed by atoms with Gasteiger partial charge in [-0.15, -0.1) is 0 Å². The predicted molar refractivity (Wildman–Crippen MR) is 241 cm³/mol. The van der Waals surface area contributed by atoms with Gasteiger partial charge in [0.25, 0.3) is 0 Å². The Labute approximate surface area is 341 Å². The smallest absolute Gasteiger partial charge is 0.0471 e. The molecule has 0 N–H and O–H groups in total. The number of anilines is 3. The molecule has 11 rings (SSSR count). The molecule has 4 fully saturated rings. The van der Waals surface area contributed by atoms with Crippen molar-refractivity contribution in [2.75, 3.05) is 4.90 Å². The van der Waals surface area contributed by atoms with E-state index in [0.717, 1.165) is 17.8 Å². The second kappa shape index (κ2) is 14.3. The van der Waals surface area contributed by atoms with Gasteiger partial charge in [0.05, 0.1) is 0 Å².